The summed E-state index contributed by atoms with van der Waals surface area (Å²) in [5.41, 5.74) is 2.26. The van der Waals surface area contributed by atoms with Crippen LogP contribution in [0.5, 0.6) is 11.5 Å². The Balaban J connectivity index is 1.60. The highest BCUT2D eigenvalue weighted by Gasteiger charge is 2.03. The van der Waals surface area contributed by atoms with Gasteiger partial charge in [0.25, 0.3) is 0 Å². The zero-order chi connectivity index (χ0) is 16.5. The van der Waals surface area contributed by atoms with Crippen molar-refractivity contribution in [2.24, 2.45) is 0 Å². The van der Waals surface area contributed by atoms with E-state index in [1.807, 2.05) is 56.3 Å². The monoisotopic (exact) mass is 313 g/mol. The van der Waals surface area contributed by atoms with E-state index >= 15 is 0 Å². The Bertz CT molecular complexity index is 626. The molecule has 1 amide bonds. The van der Waals surface area contributed by atoms with E-state index in [1.54, 1.807) is 0 Å². The van der Waals surface area contributed by atoms with Crippen LogP contribution in [-0.4, -0.2) is 25.7 Å². The van der Waals surface area contributed by atoms with Gasteiger partial charge in [-0.3, -0.25) is 4.79 Å². The molecule has 0 aliphatic rings. The minimum absolute atomic E-state index is 0.0366. The van der Waals surface area contributed by atoms with Crippen LogP contribution < -0.4 is 14.8 Å². The van der Waals surface area contributed by atoms with Gasteiger partial charge in [0, 0.05) is 0 Å². The van der Waals surface area contributed by atoms with Gasteiger partial charge in [-0.15, -0.1) is 0 Å². The molecule has 0 atom stereocenters. The van der Waals surface area contributed by atoms with E-state index in [0.29, 0.717) is 26.2 Å². The summed E-state index contributed by atoms with van der Waals surface area (Å²) in [7, 11) is 0. The quantitative estimate of drug-likeness (QED) is 0.761. The van der Waals surface area contributed by atoms with Gasteiger partial charge in [0.1, 0.15) is 18.1 Å². The summed E-state index contributed by atoms with van der Waals surface area (Å²) in [6.07, 6.45) is 0.332. The average Bonchev–Trinajstić information content (AvgIpc) is 2.55. The van der Waals surface area contributed by atoms with Crippen LogP contribution in [0, 0.1) is 13.8 Å². The molecule has 2 rings (SSSR count). The Morgan fingerprint density at radius 3 is 2.57 bits per heavy atom. The molecule has 0 saturated carbocycles. The molecule has 1 N–H and O–H groups in total. The molecular formula is C19H23NO3. The summed E-state index contributed by atoms with van der Waals surface area (Å²) in [5.74, 6) is 1.61. The van der Waals surface area contributed by atoms with Crippen molar-refractivity contribution >= 4 is 5.91 Å². The van der Waals surface area contributed by atoms with Crippen molar-refractivity contribution < 1.29 is 14.3 Å². The van der Waals surface area contributed by atoms with Crippen LogP contribution >= 0.6 is 0 Å². The summed E-state index contributed by atoms with van der Waals surface area (Å²) in [5, 5.41) is 2.83. The van der Waals surface area contributed by atoms with Crippen LogP contribution in [0.25, 0.3) is 0 Å². The van der Waals surface area contributed by atoms with Crippen LogP contribution in [0.15, 0.2) is 48.5 Å². The molecule has 0 radical (unpaired) electrons. The third-order valence-electron chi connectivity index (χ3n) is 3.37. The fourth-order valence-electron chi connectivity index (χ4n) is 2.08. The van der Waals surface area contributed by atoms with Gasteiger partial charge < -0.3 is 14.8 Å². The lowest BCUT2D eigenvalue weighted by molar-refractivity contribution is -0.121. The van der Waals surface area contributed by atoms with E-state index < -0.39 is 0 Å². The van der Waals surface area contributed by atoms with Gasteiger partial charge in [-0.1, -0.05) is 30.3 Å². The second kappa shape index (κ2) is 8.83. The molecule has 0 unspecified atom stereocenters. The zero-order valence-corrected chi connectivity index (χ0v) is 13.7. The van der Waals surface area contributed by atoms with E-state index in [-0.39, 0.29) is 5.91 Å². The lowest BCUT2D eigenvalue weighted by Crippen LogP contribution is -2.29. The van der Waals surface area contributed by atoms with Crippen LogP contribution in [0.1, 0.15) is 17.5 Å². The van der Waals surface area contributed by atoms with Crippen molar-refractivity contribution in [1.29, 1.82) is 0 Å². The van der Waals surface area contributed by atoms with Gasteiger partial charge in [0.15, 0.2) is 0 Å². The molecule has 122 valence electrons. The van der Waals surface area contributed by atoms with Crippen molar-refractivity contribution in [2.75, 3.05) is 19.8 Å². The number of carbonyl (C=O) groups is 1. The molecule has 4 heteroatoms. The highest BCUT2D eigenvalue weighted by molar-refractivity contribution is 5.75. The maximum absolute atomic E-state index is 11.7. The maximum atomic E-state index is 11.7. The lowest BCUT2D eigenvalue weighted by Gasteiger charge is -2.11. The molecule has 0 spiro atoms. The largest absolute Gasteiger partial charge is 0.493 e. The Labute approximate surface area is 137 Å². The highest BCUT2D eigenvalue weighted by atomic mass is 16.5. The molecule has 0 aromatic heterocycles. The third-order valence-corrected chi connectivity index (χ3v) is 3.37. The van der Waals surface area contributed by atoms with Crippen molar-refractivity contribution in [3.05, 3.63) is 59.7 Å². The third kappa shape index (κ3) is 6.02. The standard InChI is InChI=1S/C19H23NO3/c1-15-8-9-16(2)18(14-15)23-13-11-20-19(21)10-12-22-17-6-4-3-5-7-17/h3-9,14H,10-13H2,1-2H3,(H,20,21). The van der Waals surface area contributed by atoms with Crippen molar-refractivity contribution in [3.8, 4) is 11.5 Å². The van der Waals surface area contributed by atoms with Gasteiger partial charge in [0.2, 0.25) is 5.91 Å². The Hall–Kier alpha value is -2.49. The molecule has 0 aliphatic heterocycles. The van der Waals surface area contributed by atoms with Crippen molar-refractivity contribution in [3.63, 3.8) is 0 Å². The Morgan fingerprint density at radius 2 is 1.78 bits per heavy atom. The highest BCUT2D eigenvalue weighted by Crippen LogP contribution is 2.18. The number of ether oxygens (including phenoxy) is 2. The van der Waals surface area contributed by atoms with Crippen LogP contribution in [-0.2, 0) is 4.79 Å². The van der Waals surface area contributed by atoms with Crippen molar-refractivity contribution in [2.45, 2.75) is 20.3 Å². The van der Waals surface area contributed by atoms with E-state index in [9.17, 15) is 4.79 Å². The van der Waals surface area contributed by atoms with Crippen LogP contribution in [0.2, 0.25) is 0 Å². The summed E-state index contributed by atoms with van der Waals surface area (Å²) in [6.45, 7) is 5.34. The smallest absolute Gasteiger partial charge is 0.223 e. The number of carbonyl (C=O) groups excluding carboxylic acids is 1. The number of benzene rings is 2. The first-order chi connectivity index (χ1) is 11.1. The number of nitrogens with one attached hydrogen (secondary N) is 1. The molecule has 0 heterocycles. The SMILES string of the molecule is Cc1ccc(C)c(OCCNC(=O)CCOc2ccccc2)c1. The molecule has 23 heavy (non-hydrogen) atoms. The normalized spacial score (nSPS) is 10.2. The molecule has 4 nitrogen and oxygen atoms in total. The maximum Gasteiger partial charge on any atom is 0.223 e. The molecule has 0 bridgehead atoms. The number of aryl methyl sites for hydroxylation is 2. The number of rotatable bonds is 8. The van der Waals surface area contributed by atoms with Crippen LogP contribution in [0.4, 0.5) is 0 Å². The Morgan fingerprint density at radius 1 is 1.00 bits per heavy atom. The fraction of sp³-hybridized carbons (Fsp3) is 0.316. The first kappa shape index (κ1) is 16.9. The molecule has 2 aromatic rings. The predicted octanol–water partition coefficient (Wildman–Crippen LogP) is 3.27. The minimum Gasteiger partial charge on any atom is -0.493 e. The summed E-state index contributed by atoms with van der Waals surface area (Å²) >= 11 is 0. The van der Waals surface area contributed by atoms with Gasteiger partial charge in [-0.05, 0) is 43.2 Å². The van der Waals surface area contributed by atoms with Gasteiger partial charge in [-0.25, -0.2) is 0 Å². The second-order valence-electron chi connectivity index (χ2n) is 5.38. The first-order valence-electron chi connectivity index (χ1n) is 7.80. The number of para-hydroxylation sites is 1. The van der Waals surface area contributed by atoms with Crippen molar-refractivity contribution in [1.82, 2.24) is 5.32 Å². The van der Waals surface area contributed by atoms with Gasteiger partial charge in [-0.2, -0.15) is 0 Å². The van der Waals surface area contributed by atoms with Gasteiger partial charge in [0.05, 0.1) is 19.6 Å². The summed E-state index contributed by atoms with van der Waals surface area (Å²) in [4.78, 5) is 11.7. The number of hydrogen-bond acceptors (Lipinski definition) is 3. The zero-order valence-electron chi connectivity index (χ0n) is 13.7. The first-order valence-corrected chi connectivity index (χ1v) is 7.80. The molecular weight excluding hydrogens is 290 g/mol. The van der Waals surface area contributed by atoms with Gasteiger partial charge >= 0.3 is 0 Å². The summed E-state index contributed by atoms with van der Waals surface area (Å²) in [6, 6.07) is 15.6. The molecule has 0 aliphatic carbocycles. The fourth-order valence-corrected chi connectivity index (χ4v) is 2.08. The average molecular weight is 313 g/mol. The predicted molar refractivity (Wildman–Crippen MR) is 91.0 cm³/mol. The number of amides is 1. The summed E-state index contributed by atoms with van der Waals surface area (Å²) < 4.78 is 11.2. The van der Waals surface area contributed by atoms with E-state index in [2.05, 4.69) is 11.4 Å². The molecule has 2 aromatic carbocycles. The second-order valence-corrected chi connectivity index (χ2v) is 5.38. The van der Waals surface area contributed by atoms with E-state index in [1.165, 1.54) is 0 Å². The Kier molecular flexibility index (Phi) is 6.48. The lowest BCUT2D eigenvalue weighted by atomic mass is 10.1. The minimum atomic E-state index is -0.0366. The topological polar surface area (TPSA) is 47.6 Å². The van der Waals surface area contributed by atoms with Crippen LogP contribution in [0.3, 0.4) is 0 Å². The van der Waals surface area contributed by atoms with E-state index in [0.717, 1.165) is 22.6 Å². The molecule has 0 saturated heterocycles. The number of hydrogen-bond donors (Lipinski definition) is 1. The molecule has 0 fully saturated rings. The van der Waals surface area contributed by atoms with E-state index in [4.69, 9.17) is 9.47 Å².